The molecule has 3 rings (SSSR count). The Hall–Kier alpha value is -1.94. The topological polar surface area (TPSA) is 25.2 Å². The Bertz CT molecular complexity index is 999. The van der Waals surface area contributed by atoms with Crippen LogP contribution in [-0.2, 0) is 13.1 Å². The molecule has 0 spiro atoms. The molecule has 1 amide bonds. The summed E-state index contributed by atoms with van der Waals surface area (Å²) in [5, 5.41) is 1.53. The molecule has 2 aromatic carbocycles. The number of hydrogen-bond acceptors (Lipinski definition) is 1. The lowest BCUT2D eigenvalue weighted by molar-refractivity contribution is 0.0667. The minimum absolute atomic E-state index is 0.0616. The molecule has 1 heterocycles. The molecule has 3 aromatic rings. The van der Waals surface area contributed by atoms with Gasteiger partial charge in [0.1, 0.15) is 0 Å². The van der Waals surface area contributed by atoms with Gasteiger partial charge in [0.05, 0.1) is 16.6 Å². The summed E-state index contributed by atoms with van der Waals surface area (Å²) in [5.41, 5.74) is 2.70. The number of hydrogen-bond donors (Lipinski definition) is 0. The van der Waals surface area contributed by atoms with Crippen molar-refractivity contribution in [1.82, 2.24) is 9.47 Å². The molecule has 0 aliphatic heterocycles. The van der Waals surface area contributed by atoms with Crippen molar-refractivity contribution in [2.45, 2.75) is 39.4 Å². The number of benzene rings is 2. The summed E-state index contributed by atoms with van der Waals surface area (Å²) in [6.45, 7) is 5.32. The smallest absolute Gasteiger partial charge is 0.254 e. The summed E-state index contributed by atoms with van der Waals surface area (Å²) in [5.74, 6) is -0.0616. The average molecular weight is 450 g/mol. The van der Waals surface area contributed by atoms with E-state index in [4.69, 9.17) is 34.8 Å². The third-order valence-electron chi connectivity index (χ3n) is 5.05. The number of aromatic nitrogens is 1. The van der Waals surface area contributed by atoms with Gasteiger partial charge < -0.3 is 9.47 Å². The van der Waals surface area contributed by atoms with Crippen LogP contribution >= 0.6 is 34.8 Å². The average Bonchev–Trinajstić information content (AvgIpc) is 3.13. The Morgan fingerprint density at radius 2 is 1.83 bits per heavy atom. The maximum Gasteiger partial charge on any atom is 0.254 e. The molecule has 152 valence electrons. The van der Waals surface area contributed by atoms with E-state index >= 15 is 0 Å². The number of nitrogens with zero attached hydrogens (tertiary/aromatic N) is 2. The Balaban J connectivity index is 1.85. The molecule has 1 aromatic heterocycles. The fraction of sp³-hybridized carbons (Fsp3) is 0.261. The van der Waals surface area contributed by atoms with Crippen molar-refractivity contribution in [2.75, 3.05) is 0 Å². The molecule has 0 saturated heterocycles. The maximum absolute atomic E-state index is 13.2. The van der Waals surface area contributed by atoms with E-state index in [1.807, 2.05) is 47.5 Å². The number of amides is 1. The first kappa shape index (κ1) is 21.8. The zero-order valence-electron chi connectivity index (χ0n) is 16.4. The van der Waals surface area contributed by atoms with Gasteiger partial charge in [-0.25, -0.2) is 0 Å². The fourth-order valence-corrected chi connectivity index (χ4v) is 3.71. The minimum atomic E-state index is -0.0616. The fourth-order valence-electron chi connectivity index (χ4n) is 3.20. The van der Waals surface area contributed by atoms with Crippen molar-refractivity contribution < 1.29 is 4.79 Å². The van der Waals surface area contributed by atoms with Crippen LogP contribution in [0.4, 0.5) is 0 Å². The molecule has 0 radical (unpaired) electrons. The van der Waals surface area contributed by atoms with Crippen LogP contribution in [0.3, 0.4) is 0 Å². The van der Waals surface area contributed by atoms with Crippen LogP contribution in [0.5, 0.6) is 0 Å². The van der Waals surface area contributed by atoms with E-state index in [1.165, 1.54) is 0 Å². The molecule has 0 aliphatic carbocycles. The van der Waals surface area contributed by atoms with Crippen LogP contribution in [-0.4, -0.2) is 21.4 Å². The van der Waals surface area contributed by atoms with Crippen molar-refractivity contribution in [3.05, 3.63) is 92.7 Å². The van der Waals surface area contributed by atoms with Crippen molar-refractivity contribution in [3.63, 3.8) is 0 Å². The van der Waals surface area contributed by atoms with E-state index in [-0.39, 0.29) is 11.9 Å². The lowest BCUT2D eigenvalue weighted by atomic mass is 10.1. The van der Waals surface area contributed by atoms with Gasteiger partial charge in [-0.2, -0.15) is 0 Å². The highest BCUT2D eigenvalue weighted by atomic mass is 35.5. The molecule has 0 bridgehead atoms. The summed E-state index contributed by atoms with van der Waals surface area (Å²) in [7, 11) is 0. The largest absolute Gasteiger partial charge is 0.345 e. The number of halogens is 3. The van der Waals surface area contributed by atoms with Crippen molar-refractivity contribution in [2.24, 2.45) is 0 Å². The third-order valence-corrected chi connectivity index (χ3v) is 6.02. The summed E-state index contributed by atoms with van der Waals surface area (Å²) < 4.78 is 2.14. The SMILES string of the molecule is CCC(C)N(Cc1cccn1Cc1cccc(Cl)c1)C(=O)c1ccc(Cl)c(Cl)c1. The Morgan fingerprint density at radius 3 is 2.52 bits per heavy atom. The van der Waals surface area contributed by atoms with Gasteiger partial charge in [0.15, 0.2) is 0 Å². The molecule has 3 nitrogen and oxygen atoms in total. The first-order valence-electron chi connectivity index (χ1n) is 9.53. The van der Waals surface area contributed by atoms with Gasteiger partial charge >= 0.3 is 0 Å². The standard InChI is InChI=1S/C23H23Cl3N2O/c1-3-16(2)28(23(29)18-9-10-21(25)22(26)13-18)15-20-8-5-11-27(20)14-17-6-4-7-19(24)12-17/h4-13,16H,3,14-15H2,1-2H3. The molecular formula is C23H23Cl3N2O. The van der Waals surface area contributed by atoms with Gasteiger partial charge in [-0.05, 0) is 61.4 Å². The molecule has 1 atom stereocenters. The molecule has 29 heavy (non-hydrogen) atoms. The summed E-state index contributed by atoms with van der Waals surface area (Å²) in [6, 6.07) is 16.9. The van der Waals surface area contributed by atoms with Crippen LogP contribution in [0.2, 0.25) is 15.1 Å². The van der Waals surface area contributed by atoms with Crippen LogP contribution in [0, 0.1) is 0 Å². The van der Waals surface area contributed by atoms with E-state index in [0.717, 1.165) is 17.7 Å². The first-order chi connectivity index (χ1) is 13.9. The lowest BCUT2D eigenvalue weighted by Gasteiger charge is -2.29. The van der Waals surface area contributed by atoms with Gasteiger partial charge in [-0.1, -0.05) is 53.9 Å². The van der Waals surface area contributed by atoms with Gasteiger partial charge in [0.2, 0.25) is 0 Å². The monoisotopic (exact) mass is 448 g/mol. The van der Waals surface area contributed by atoms with E-state index in [2.05, 4.69) is 18.4 Å². The number of carbonyl (C=O) groups is 1. The molecule has 1 unspecified atom stereocenters. The van der Waals surface area contributed by atoms with Gasteiger partial charge in [-0.3, -0.25) is 4.79 Å². The quantitative estimate of drug-likeness (QED) is 0.383. The van der Waals surface area contributed by atoms with Crippen LogP contribution in [0.25, 0.3) is 0 Å². The number of rotatable bonds is 7. The van der Waals surface area contributed by atoms with E-state index in [9.17, 15) is 4.79 Å². The first-order valence-corrected chi connectivity index (χ1v) is 10.7. The van der Waals surface area contributed by atoms with Crippen LogP contribution in [0.1, 0.15) is 41.9 Å². The zero-order chi connectivity index (χ0) is 21.0. The zero-order valence-corrected chi connectivity index (χ0v) is 18.7. The van der Waals surface area contributed by atoms with E-state index in [1.54, 1.807) is 18.2 Å². The minimum Gasteiger partial charge on any atom is -0.345 e. The Kier molecular flexibility index (Phi) is 7.28. The number of carbonyl (C=O) groups excluding carboxylic acids is 1. The molecular weight excluding hydrogens is 427 g/mol. The molecule has 0 aliphatic rings. The highest BCUT2D eigenvalue weighted by Gasteiger charge is 2.22. The van der Waals surface area contributed by atoms with Crippen molar-refractivity contribution in [3.8, 4) is 0 Å². The molecule has 0 N–H and O–H groups in total. The predicted octanol–water partition coefficient (Wildman–Crippen LogP) is 6.94. The molecule has 0 saturated carbocycles. The molecule has 6 heteroatoms. The Morgan fingerprint density at radius 1 is 1.03 bits per heavy atom. The highest BCUT2D eigenvalue weighted by Crippen LogP contribution is 2.25. The second-order valence-corrected chi connectivity index (χ2v) is 8.33. The van der Waals surface area contributed by atoms with Crippen molar-refractivity contribution >= 4 is 40.7 Å². The van der Waals surface area contributed by atoms with E-state index < -0.39 is 0 Å². The van der Waals surface area contributed by atoms with Crippen LogP contribution < -0.4 is 0 Å². The maximum atomic E-state index is 13.2. The van der Waals surface area contributed by atoms with Gasteiger partial charge in [-0.15, -0.1) is 0 Å². The second-order valence-electron chi connectivity index (χ2n) is 7.08. The summed E-state index contributed by atoms with van der Waals surface area (Å²) in [4.78, 5) is 15.1. The lowest BCUT2D eigenvalue weighted by Crippen LogP contribution is -2.38. The summed E-state index contributed by atoms with van der Waals surface area (Å²) in [6.07, 6.45) is 2.87. The Labute approximate surface area is 186 Å². The third kappa shape index (κ3) is 5.36. The molecule has 0 fully saturated rings. The second kappa shape index (κ2) is 9.71. The summed E-state index contributed by atoms with van der Waals surface area (Å²) >= 11 is 18.3. The predicted molar refractivity (Wildman–Crippen MR) is 121 cm³/mol. The normalized spacial score (nSPS) is 12.0. The van der Waals surface area contributed by atoms with Crippen molar-refractivity contribution in [1.29, 1.82) is 0 Å². The van der Waals surface area contributed by atoms with Crippen LogP contribution in [0.15, 0.2) is 60.8 Å². The van der Waals surface area contributed by atoms with Gasteiger partial charge in [0, 0.05) is 35.1 Å². The van der Waals surface area contributed by atoms with E-state index in [0.29, 0.717) is 33.7 Å². The highest BCUT2D eigenvalue weighted by molar-refractivity contribution is 6.42. The van der Waals surface area contributed by atoms with Gasteiger partial charge in [0.25, 0.3) is 5.91 Å².